The highest BCUT2D eigenvalue weighted by molar-refractivity contribution is 9.10. The van der Waals surface area contributed by atoms with E-state index in [0.29, 0.717) is 16.6 Å². The van der Waals surface area contributed by atoms with Crippen molar-refractivity contribution in [3.8, 4) is 5.75 Å². The minimum Gasteiger partial charge on any atom is -0.495 e. The number of ether oxygens (including phenoxy) is 1. The van der Waals surface area contributed by atoms with Crippen LogP contribution in [0, 0.1) is 0 Å². The van der Waals surface area contributed by atoms with Crippen LogP contribution in [0.4, 0.5) is 5.95 Å². The predicted molar refractivity (Wildman–Crippen MR) is 72.8 cm³/mol. The van der Waals surface area contributed by atoms with Gasteiger partial charge in [0.05, 0.1) is 7.11 Å². The highest BCUT2D eigenvalue weighted by Crippen LogP contribution is 2.26. The average Bonchev–Trinajstić information content (AvgIpc) is 2.40. The van der Waals surface area contributed by atoms with Crippen LogP contribution in [0.5, 0.6) is 5.75 Å². The number of halogens is 1. The van der Waals surface area contributed by atoms with Crippen LogP contribution in [0.25, 0.3) is 0 Å². The molecule has 18 heavy (non-hydrogen) atoms. The van der Waals surface area contributed by atoms with E-state index in [1.54, 1.807) is 30.6 Å². The first-order valence-electron chi connectivity index (χ1n) is 4.99. The molecule has 2 rings (SSSR count). The van der Waals surface area contributed by atoms with Gasteiger partial charge in [0, 0.05) is 16.9 Å². The molecule has 1 aromatic heterocycles. The minimum absolute atomic E-state index is 0.304. The van der Waals surface area contributed by atoms with Gasteiger partial charge >= 0.3 is 0 Å². The molecule has 0 saturated heterocycles. The fourth-order valence-corrected chi connectivity index (χ4v) is 2.75. The van der Waals surface area contributed by atoms with Gasteiger partial charge in [-0.2, -0.15) is 0 Å². The van der Waals surface area contributed by atoms with Gasteiger partial charge in [-0.1, -0.05) is 15.9 Å². The highest BCUT2D eigenvalue weighted by Gasteiger charge is 2.12. The Morgan fingerprint density at radius 3 is 2.72 bits per heavy atom. The Hall–Kier alpha value is -1.47. The van der Waals surface area contributed by atoms with Gasteiger partial charge < -0.3 is 4.74 Å². The number of hydrogen-bond donors (Lipinski definition) is 1. The topological polar surface area (TPSA) is 64.1 Å². The maximum atomic E-state index is 12.2. The van der Waals surface area contributed by atoms with Crippen LogP contribution in [0.3, 0.4) is 0 Å². The second-order valence-electron chi connectivity index (χ2n) is 3.24. The van der Waals surface area contributed by atoms with Crippen molar-refractivity contribution in [2.45, 2.75) is 4.90 Å². The SMILES string of the molecule is COc1ccc(Br)cc1S(=O)Nc1ncccn1. The zero-order valence-corrected chi connectivity index (χ0v) is 11.9. The van der Waals surface area contributed by atoms with Gasteiger partial charge in [-0.05, 0) is 24.3 Å². The average molecular weight is 328 g/mol. The van der Waals surface area contributed by atoms with Crippen molar-refractivity contribution in [3.05, 3.63) is 41.1 Å². The van der Waals surface area contributed by atoms with Gasteiger partial charge in [0.2, 0.25) is 5.95 Å². The molecule has 1 N–H and O–H groups in total. The molecule has 1 unspecified atom stereocenters. The number of hydrogen-bond acceptors (Lipinski definition) is 4. The van der Waals surface area contributed by atoms with Gasteiger partial charge in [0.25, 0.3) is 0 Å². The first-order valence-corrected chi connectivity index (χ1v) is 6.94. The summed E-state index contributed by atoms with van der Waals surface area (Å²) in [7, 11) is 0.0446. The maximum absolute atomic E-state index is 12.2. The van der Waals surface area contributed by atoms with Gasteiger partial charge in [-0.25, -0.2) is 14.2 Å². The lowest BCUT2D eigenvalue weighted by atomic mass is 10.3. The van der Waals surface area contributed by atoms with Crippen LogP contribution in [0.15, 0.2) is 46.0 Å². The summed E-state index contributed by atoms with van der Waals surface area (Å²) in [6.07, 6.45) is 3.15. The smallest absolute Gasteiger partial charge is 0.234 e. The molecule has 0 aliphatic carbocycles. The van der Waals surface area contributed by atoms with Crippen LogP contribution >= 0.6 is 15.9 Å². The number of rotatable bonds is 4. The van der Waals surface area contributed by atoms with E-state index in [-0.39, 0.29) is 0 Å². The van der Waals surface area contributed by atoms with E-state index < -0.39 is 11.0 Å². The number of methoxy groups -OCH3 is 1. The Morgan fingerprint density at radius 2 is 2.06 bits per heavy atom. The lowest BCUT2D eigenvalue weighted by Gasteiger charge is -2.09. The summed E-state index contributed by atoms with van der Waals surface area (Å²) < 4.78 is 20.9. The molecule has 0 radical (unpaired) electrons. The number of benzene rings is 1. The number of aromatic nitrogens is 2. The second kappa shape index (κ2) is 5.92. The zero-order chi connectivity index (χ0) is 13.0. The largest absolute Gasteiger partial charge is 0.495 e. The number of nitrogens with one attached hydrogen (secondary N) is 1. The minimum atomic E-state index is -1.49. The van der Waals surface area contributed by atoms with Gasteiger partial charge in [-0.15, -0.1) is 0 Å². The summed E-state index contributed by atoms with van der Waals surface area (Å²) in [5.41, 5.74) is 0. The molecule has 5 nitrogen and oxygen atoms in total. The van der Waals surface area contributed by atoms with E-state index in [0.717, 1.165) is 4.47 Å². The molecule has 0 aliphatic heterocycles. The van der Waals surface area contributed by atoms with Crippen LogP contribution < -0.4 is 9.46 Å². The third-order valence-electron chi connectivity index (χ3n) is 2.08. The van der Waals surface area contributed by atoms with E-state index >= 15 is 0 Å². The molecule has 94 valence electrons. The lowest BCUT2D eigenvalue weighted by molar-refractivity contribution is 0.404. The fraction of sp³-hybridized carbons (Fsp3) is 0.0909. The molecule has 0 fully saturated rings. The van der Waals surface area contributed by atoms with Crippen molar-refractivity contribution < 1.29 is 8.95 Å². The van der Waals surface area contributed by atoms with E-state index in [1.807, 2.05) is 6.07 Å². The molecule has 0 spiro atoms. The third kappa shape index (κ3) is 3.05. The van der Waals surface area contributed by atoms with Crippen molar-refractivity contribution in [2.24, 2.45) is 0 Å². The Bertz CT molecular complexity index is 565. The Kier molecular flexibility index (Phi) is 4.27. The van der Waals surface area contributed by atoms with Gasteiger partial charge in [-0.3, -0.25) is 4.72 Å². The van der Waals surface area contributed by atoms with Crippen LogP contribution in [-0.2, 0) is 11.0 Å². The lowest BCUT2D eigenvalue weighted by Crippen LogP contribution is -2.08. The summed E-state index contributed by atoms with van der Waals surface area (Å²) in [5.74, 6) is 0.845. The van der Waals surface area contributed by atoms with Crippen LogP contribution in [0.2, 0.25) is 0 Å². The highest BCUT2D eigenvalue weighted by atomic mass is 79.9. The quantitative estimate of drug-likeness (QED) is 0.936. The Labute approximate surface area is 115 Å². The molecule has 1 atom stereocenters. The second-order valence-corrected chi connectivity index (χ2v) is 5.34. The van der Waals surface area contributed by atoms with E-state index in [1.165, 1.54) is 7.11 Å². The molecule has 1 heterocycles. The van der Waals surface area contributed by atoms with Crippen molar-refractivity contribution in [3.63, 3.8) is 0 Å². The van der Waals surface area contributed by atoms with Crippen LogP contribution in [0.1, 0.15) is 0 Å². The summed E-state index contributed by atoms with van der Waals surface area (Å²) in [6.45, 7) is 0. The van der Waals surface area contributed by atoms with Crippen molar-refractivity contribution >= 4 is 32.9 Å². The van der Waals surface area contributed by atoms with E-state index in [2.05, 4.69) is 30.6 Å². The first-order chi connectivity index (χ1) is 8.70. The molecular formula is C11H10BrN3O2S. The molecule has 0 bridgehead atoms. The summed E-state index contributed by atoms with van der Waals surface area (Å²) in [4.78, 5) is 8.44. The number of nitrogens with zero attached hydrogens (tertiary/aromatic N) is 2. The molecule has 0 amide bonds. The predicted octanol–water partition coefficient (Wildman–Crippen LogP) is 2.38. The van der Waals surface area contributed by atoms with Gasteiger partial charge in [0.15, 0.2) is 11.0 Å². The fourth-order valence-electron chi connectivity index (χ4n) is 1.29. The third-order valence-corrected chi connectivity index (χ3v) is 3.65. The molecule has 7 heteroatoms. The molecule has 1 aromatic carbocycles. The standard InChI is InChI=1S/C11H10BrN3O2S/c1-17-9-4-3-8(12)7-10(9)18(16)15-11-13-5-2-6-14-11/h2-7H,1H3,(H,13,14,15). The Morgan fingerprint density at radius 1 is 1.33 bits per heavy atom. The molecule has 2 aromatic rings. The van der Waals surface area contributed by atoms with Crippen molar-refractivity contribution in [2.75, 3.05) is 11.8 Å². The monoisotopic (exact) mass is 327 g/mol. The summed E-state index contributed by atoms with van der Waals surface area (Å²) in [6, 6.07) is 6.97. The molecule has 0 saturated carbocycles. The first kappa shape index (κ1) is 13.0. The summed E-state index contributed by atoms with van der Waals surface area (Å²) in [5, 5.41) is 0. The maximum Gasteiger partial charge on any atom is 0.234 e. The number of anilines is 1. The summed E-state index contributed by atoms with van der Waals surface area (Å²) >= 11 is 3.33. The van der Waals surface area contributed by atoms with E-state index in [9.17, 15) is 4.21 Å². The normalized spacial score (nSPS) is 11.9. The Balaban J connectivity index is 2.26. The molecular weight excluding hydrogens is 318 g/mol. The van der Waals surface area contributed by atoms with Crippen LogP contribution in [-0.4, -0.2) is 21.3 Å². The van der Waals surface area contributed by atoms with Crippen molar-refractivity contribution in [1.82, 2.24) is 9.97 Å². The zero-order valence-electron chi connectivity index (χ0n) is 9.46. The van der Waals surface area contributed by atoms with Gasteiger partial charge in [0.1, 0.15) is 10.6 Å². The van der Waals surface area contributed by atoms with E-state index in [4.69, 9.17) is 4.74 Å². The van der Waals surface area contributed by atoms with Crippen molar-refractivity contribution in [1.29, 1.82) is 0 Å². The molecule has 0 aliphatic rings.